The second-order valence-electron chi connectivity index (χ2n) is 10.0. The molecule has 42 heavy (non-hydrogen) atoms. The van der Waals surface area contributed by atoms with Crippen LogP contribution in [0.1, 0.15) is 67.6 Å². The van der Waals surface area contributed by atoms with Gasteiger partial charge in [0.1, 0.15) is 5.82 Å². The first-order valence-corrected chi connectivity index (χ1v) is 12.9. The van der Waals surface area contributed by atoms with Crippen molar-refractivity contribution in [2.75, 3.05) is 17.7 Å². The van der Waals surface area contributed by atoms with Gasteiger partial charge in [0.2, 0.25) is 5.96 Å². The highest BCUT2D eigenvalue weighted by atomic mass is 19.4. The van der Waals surface area contributed by atoms with Gasteiger partial charge in [0.25, 0.3) is 0 Å². The Kier molecular flexibility index (Phi) is 9.57. The van der Waals surface area contributed by atoms with Crippen LogP contribution in [-0.2, 0) is 23.6 Å². The van der Waals surface area contributed by atoms with E-state index in [9.17, 15) is 31.1 Å². The molecule has 1 aromatic heterocycles. The van der Waals surface area contributed by atoms with Crippen molar-refractivity contribution in [1.82, 2.24) is 9.88 Å². The van der Waals surface area contributed by atoms with Gasteiger partial charge in [-0.1, -0.05) is 12.0 Å². The molecule has 0 bridgehead atoms. The van der Waals surface area contributed by atoms with E-state index in [2.05, 4.69) is 20.4 Å². The Hall–Kier alpha value is -4.11. The summed E-state index contributed by atoms with van der Waals surface area (Å²) in [5.74, 6) is -0.246. The number of nitrogens with two attached hydrogens (primary N) is 2. The molecule has 0 saturated carbocycles. The number of nitrogens with zero attached hydrogens (tertiary/aromatic N) is 6. The van der Waals surface area contributed by atoms with Crippen molar-refractivity contribution in [1.29, 1.82) is 0 Å². The maximum absolute atomic E-state index is 13.6. The lowest BCUT2D eigenvalue weighted by Gasteiger charge is -2.43. The predicted octanol–water partition coefficient (Wildman–Crippen LogP) is 6.40. The Labute approximate surface area is 238 Å². The number of alkyl halides is 6. The van der Waals surface area contributed by atoms with E-state index in [-0.39, 0.29) is 35.5 Å². The van der Waals surface area contributed by atoms with E-state index in [1.165, 1.54) is 16.8 Å². The second kappa shape index (κ2) is 12.4. The molecule has 0 aliphatic carbocycles. The molecule has 2 aromatic rings. The first-order valence-electron chi connectivity index (χ1n) is 12.9. The number of fused-ring (bicyclic) bond motifs is 1. The third-order valence-corrected chi connectivity index (χ3v) is 6.61. The van der Waals surface area contributed by atoms with Gasteiger partial charge in [-0.05, 0) is 74.2 Å². The molecule has 10 nitrogen and oxygen atoms in total. The summed E-state index contributed by atoms with van der Waals surface area (Å²) >= 11 is 0. The first-order chi connectivity index (χ1) is 19.5. The molecule has 1 aromatic carbocycles. The average Bonchev–Trinajstić information content (AvgIpc) is 2.88. The number of anilines is 2. The van der Waals surface area contributed by atoms with Crippen LogP contribution in [0, 0.1) is 6.92 Å². The minimum atomic E-state index is -5.05. The first kappa shape index (κ1) is 32.4. The number of aryl methyl sites for hydroxylation is 1. The molecule has 0 radical (unpaired) electrons. The number of guanidine groups is 1. The number of hydrogen-bond donors (Lipinski definition) is 2. The summed E-state index contributed by atoms with van der Waals surface area (Å²) in [6, 6.07) is 1.48. The van der Waals surface area contributed by atoms with Crippen molar-refractivity contribution in [2.45, 2.75) is 77.6 Å². The zero-order valence-corrected chi connectivity index (χ0v) is 23.6. The number of aromatic nitrogens is 1. The summed E-state index contributed by atoms with van der Waals surface area (Å²) in [4.78, 5) is 20.4. The van der Waals surface area contributed by atoms with Crippen molar-refractivity contribution in [3.63, 3.8) is 0 Å². The Bertz CT molecular complexity index is 1330. The van der Waals surface area contributed by atoms with Crippen molar-refractivity contribution in [3.8, 4) is 0 Å². The Morgan fingerprint density at radius 3 is 2.24 bits per heavy atom. The molecule has 1 aliphatic heterocycles. The number of carbonyl (C=O) groups excluding carboxylic acids is 1. The highest BCUT2D eigenvalue weighted by Gasteiger charge is 2.42. The summed E-state index contributed by atoms with van der Waals surface area (Å²) in [5.41, 5.74) is 10.1. The van der Waals surface area contributed by atoms with Gasteiger partial charge in [-0.25, -0.2) is 9.78 Å². The average molecular weight is 603 g/mol. The number of amides is 1. The van der Waals surface area contributed by atoms with Crippen LogP contribution in [0.25, 0.3) is 0 Å². The Morgan fingerprint density at radius 2 is 1.74 bits per heavy atom. The van der Waals surface area contributed by atoms with E-state index >= 15 is 0 Å². The fraction of sp³-hybridized carbons (Fsp3) is 0.500. The summed E-state index contributed by atoms with van der Waals surface area (Å²) in [5, 5.41) is 10.8. The minimum Gasteiger partial charge on any atom is -0.446 e. The van der Waals surface area contributed by atoms with Crippen molar-refractivity contribution in [3.05, 3.63) is 52.2 Å². The topological polar surface area (TPSA) is 135 Å². The van der Waals surface area contributed by atoms with E-state index in [0.717, 1.165) is 0 Å². The van der Waals surface area contributed by atoms with Crippen LogP contribution >= 0.6 is 0 Å². The van der Waals surface area contributed by atoms with Gasteiger partial charge >= 0.3 is 18.4 Å². The summed E-state index contributed by atoms with van der Waals surface area (Å²) < 4.78 is 87.1. The second-order valence-corrected chi connectivity index (χ2v) is 10.0. The molecule has 0 fully saturated rings. The number of hydrogen-bond acceptors (Lipinski definition) is 6. The Morgan fingerprint density at radius 1 is 1.14 bits per heavy atom. The quantitative estimate of drug-likeness (QED) is 0.129. The van der Waals surface area contributed by atoms with Crippen LogP contribution in [0.5, 0.6) is 0 Å². The number of carbonyl (C=O) groups is 1. The molecule has 2 atom stereocenters. The maximum Gasteiger partial charge on any atom is 0.416 e. The normalized spacial score (nSPS) is 18.0. The molecule has 2 unspecified atom stereocenters. The fourth-order valence-electron chi connectivity index (χ4n) is 4.67. The number of nitrogen functional groups attached to an aromatic ring is 1. The minimum absolute atomic E-state index is 0.0445. The van der Waals surface area contributed by atoms with Gasteiger partial charge in [-0.3, -0.25) is 4.90 Å². The van der Waals surface area contributed by atoms with E-state index in [4.69, 9.17) is 16.2 Å². The van der Waals surface area contributed by atoms with Crippen molar-refractivity contribution in [2.24, 2.45) is 21.2 Å². The summed E-state index contributed by atoms with van der Waals surface area (Å²) in [6.45, 7) is 6.31. The fourth-order valence-corrected chi connectivity index (χ4v) is 4.67. The molecule has 1 aliphatic rings. The molecule has 0 spiro atoms. The van der Waals surface area contributed by atoms with E-state index in [1.54, 1.807) is 26.8 Å². The molecule has 3 rings (SSSR count). The molecule has 16 heteroatoms. The van der Waals surface area contributed by atoms with E-state index in [1.807, 2.05) is 6.92 Å². The lowest BCUT2D eigenvalue weighted by molar-refractivity contribution is -0.143. The molecular formula is C26H32F6N8O2. The van der Waals surface area contributed by atoms with Crippen LogP contribution in [-0.4, -0.2) is 41.1 Å². The van der Waals surface area contributed by atoms with Gasteiger partial charge in [0.05, 0.1) is 41.7 Å². The highest BCUT2D eigenvalue weighted by molar-refractivity contribution is 5.91. The lowest BCUT2D eigenvalue weighted by Crippen LogP contribution is -2.50. The molecule has 1 amide bonds. The maximum atomic E-state index is 13.6. The van der Waals surface area contributed by atoms with Crippen LogP contribution in [0.15, 0.2) is 39.7 Å². The zero-order chi connectivity index (χ0) is 31.6. The van der Waals surface area contributed by atoms with Gasteiger partial charge in [-0.15, -0.1) is 0 Å². The molecule has 2 heterocycles. The summed E-state index contributed by atoms with van der Waals surface area (Å²) in [6.07, 6.45) is -10.7. The molecule has 230 valence electrons. The predicted molar refractivity (Wildman–Crippen MR) is 143 cm³/mol. The van der Waals surface area contributed by atoms with Gasteiger partial charge in [0.15, 0.2) is 0 Å². The van der Waals surface area contributed by atoms with E-state index in [0.29, 0.717) is 29.8 Å². The van der Waals surface area contributed by atoms with Gasteiger partial charge < -0.3 is 21.1 Å². The van der Waals surface area contributed by atoms with E-state index < -0.39 is 54.3 Å². The number of benzene rings is 1. The van der Waals surface area contributed by atoms with Crippen molar-refractivity contribution < 1.29 is 35.9 Å². The van der Waals surface area contributed by atoms with Crippen LogP contribution < -0.4 is 16.4 Å². The zero-order valence-electron chi connectivity index (χ0n) is 23.6. The third-order valence-electron chi connectivity index (χ3n) is 6.61. The van der Waals surface area contributed by atoms with Gasteiger partial charge in [-0.2, -0.15) is 31.5 Å². The number of pyridine rings is 1. The smallest absolute Gasteiger partial charge is 0.416 e. The SMILES string of the molecule is CCC1CC(N(Cc2cc(C(F)(F)F)cc(C(F)(F)F)c2)/C(N)=N/N=NC)c2nc(N)c(C)cc2N1C(=O)OC(C)C. The highest BCUT2D eigenvalue weighted by Crippen LogP contribution is 2.43. The molecule has 4 N–H and O–H groups in total. The number of rotatable bonds is 6. The third kappa shape index (κ3) is 7.20. The van der Waals surface area contributed by atoms with Crippen molar-refractivity contribution >= 4 is 23.6 Å². The number of halogens is 6. The molecule has 0 saturated heterocycles. The summed E-state index contributed by atoms with van der Waals surface area (Å²) in [7, 11) is 1.30. The largest absolute Gasteiger partial charge is 0.446 e. The lowest BCUT2D eigenvalue weighted by atomic mass is 9.91. The Balaban J connectivity index is 2.25. The van der Waals surface area contributed by atoms with Gasteiger partial charge in [0, 0.05) is 12.6 Å². The van der Waals surface area contributed by atoms with Crippen LogP contribution in [0.2, 0.25) is 0 Å². The monoisotopic (exact) mass is 602 g/mol. The van der Waals surface area contributed by atoms with Crippen LogP contribution in [0.4, 0.5) is 42.6 Å². The molecular weight excluding hydrogens is 570 g/mol. The number of ether oxygens (including phenoxy) is 1. The van der Waals surface area contributed by atoms with Crippen LogP contribution in [0.3, 0.4) is 0 Å². The standard InChI is InChI=1S/C26H32F6N8O2/c1-6-18-11-19(21-20(7-14(4)22(33)36-21)40(18)24(41)42-13(2)3)39(23(34)37-38-35-5)12-15-8-16(25(27,28)29)10-17(9-15)26(30,31)32/h7-10,13,18-19H,6,11-12H2,1-5H3,(H2,33,36)(H2,34,35,37).